The number of rotatable bonds is 4. The third-order valence-electron chi connectivity index (χ3n) is 4.01. The van der Waals surface area contributed by atoms with Crippen molar-refractivity contribution in [3.63, 3.8) is 0 Å². The maximum Gasteiger partial charge on any atom is 0.176 e. The van der Waals surface area contributed by atoms with Crippen LogP contribution in [0.5, 0.6) is 0 Å². The molecule has 0 bridgehead atoms. The van der Waals surface area contributed by atoms with Crippen molar-refractivity contribution in [1.82, 2.24) is 9.97 Å². The van der Waals surface area contributed by atoms with E-state index in [4.69, 9.17) is 0 Å². The van der Waals surface area contributed by atoms with Crippen molar-refractivity contribution < 1.29 is 17.9 Å². The molecule has 7 heteroatoms. The fourth-order valence-corrected chi connectivity index (χ4v) is 3.61. The monoisotopic (exact) mass is 360 g/mol. The van der Waals surface area contributed by atoms with Gasteiger partial charge in [-0.25, -0.2) is 17.8 Å². The molecular weight excluding hydrogens is 343 g/mol. The Hall–Kier alpha value is -2.38. The highest BCUT2D eigenvalue weighted by Gasteiger charge is 2.21. The summed E-state index contributed by atoms with van der Waals surface area (Å²) in [4.78, 5) is 8.63. The number of aliphatic hydroxyl groups excluding tert-OH is 1. The van der Waals surface area contributed by atoms with Gasteiger partial charge in [-0.1, -0.05) is 25.1 Å². The number of pyridine rings is 2. The first-order valence-electron chi connectivity index (χ1n) is 7.67. The first-order valence-corrected chi connectivity index (χ1v) is 9.57. The Morgan fingerprint density at radius 2 is 1.92 bits per heavy atom. The van der Waals surface area contributed by atoms with Gasteiger partial charge in [-0.05, 0) is 17.7 Å². The van der Waals surface area contributed by atoms with Gasteiger partial charge in [-0.3, -0.25) is 4.98 Å². The molecule has 0 fully saturated rings. The molecule has 0 saturated carbocycles. The molecule has 130 valence electrons. The van der Waals surface area contributed by atoms with Crippen molar-refractivity contribution >= 4 is 20.9 Å². The van der Waals surface area contributed by atoms with E-state index in [-0.39, 0.29) is 17.4 Å². The van der Waals surface area contributed by atoms with Gasteiger partial charge < -0.3 is 5.11 Å². The number of sulfone groups is 1. The Balaban J connectivity index is 2.39. The van der Waals surface area contributed by atoms with Crippen LogP contribution in [-0.4, -0.2) is 36.4 Å². The van der Waals surface area contributed by atoms with Crippen LogP contribution in [-0.2, 0) is 9.84 Å². The number of hydrogen-bond donors (Lipinski definition) is 1. The van der Waals surface area contributed by atoms with E-state index < -0.39 is 15.7 Å². The van der Waals surface area contributed by atoms with Crippen LogP contribution in [0.25, 0.3) is 22.3 Å². The van der Waals surface area contributed by atoms with E-state index in [0.717, 1.165) is 12.5 Å². The summed E-state index contributed by atoms with van der Waals surface area (Å²) in [7, 11) is -3.48. The van der Waals surface area contributed by atoms with Crippen molar-refractivity contribution in [3.05, 3.63) is 54.0 Å². The smallest absolute Gasteiger partial charge is 0.176 e. The predicted molar refractivity (Wildman–Crippen MR) is 93.5 cm³/mol. The first kappa shape index (κ1) is 17.4. The normalized spacial score (nSPS) is 13.1. The lowest BCUT2D eigenvalue weighted by molar-refractivity contribution is 0.273. The summed E-state index contributed by atoms with van der Waals surface area (Å²) in [6.07, 6.45) is 2.23. The molecule has 0 saturated heterocycles. The number of halogens is 1. The molecule has 1 atom stereocenters. The lowest BCUT2D eigenvalue weighted by Crippen LogP contribution is -2.07. The van der Waals surface area contributed by atoms with Gasteiger partial charge in [0.15, 0.2) is 9.84 Å². The van der Waals surface area contributed by atoms with E-state index in [1.54, 1.807) is 31.2 Å². The molecule has 0 spiro atoms. The van der Waals surface area contributed by atoms with Crippen LogP contribution in [0.15, 0.2) is 47.5 Å². The average molecular weight is 360 g/mol. The molecule has 0 aliphatic rings. The maximum atomic E-state index is 13.5. The van der Waals surface area contributed by atoms with E-state index in [0.29, 0.717) is 27.9 Å². The minimum absolute atomic E-state index is 0.136. The minimum atomic E-state index is -3.48. The molecule has 3 rings (SSSR count). The third-order valence-corrected chi connectivity index (χ3v) is 5.16. The summed E-state index contributed by atoms with van der Waals surface area (Å²) in [5, 5.41) is 9.58. The van der Waals surface area contributed by atoms with E-state index in [9.17, 15) is 17.9 Å². The second-order valence-corrected chi connectivity index (χ2v) is 7.95. The molecule has 1 aromatic carbocycles. The van der Waals surface area contributed by atoms with Crippen LogP contribution in [0.2, 0.25) is 0 Å². The fraction of sp³-hybridized carbons (Fsp3) is 0.222. The minimum Gasteiger partial charge on any atom is -0.396 e. The second kappa shape index (κ2) is 6.50. The van der Waals surface area contributed by atoms with Crippen molar-refractivity contribution in [2.24, 2.45) is 0 Å². The van der Waals surface area contributed by atoms with Gasteiger partial charge in [0.05, 0.1) is 27.8 Å². The van der Waals surface area contributed by atoms with E-state index >= 15 is 0 Å². The molecule has 2 aromatic heterocycles. The van der Waals surface area contributed by atoms with Crippen molar-refractivity contribution in [3.8, 4) is 11.3 Å². The van der Waals surface area contributed by atoms with E-state index in [1.165, 1.54) is 12.1 Å². The molecule has 3 aromatic rings. The Kier molecular flexibility index (Phi) is 4.53. The van der Waals surface area contributed by atoms with Crippen molar-refractivity contribution in [2.45, 2.75) is 17.7 Å². The zero-order valence-electron chi connectivity index (χ0n) is 13.8. The van der Waals surface area contributed by atoms with Crippen LogP contribution < -0.4 is 0 Å². The Morgan fingerprint density at radius 1 is 1.20 bits per heavy atom. The van der Waals surface area contributed by atoms with Gasteiger partial charge >= 0.3 is 0 Å². The Labute approximate surface area is 145 Å². The molecule has 0 aliphatic carbocycles. The fourth-order valence-electron chi connectivity index (χ4n) is 2.72. The third kappa shape index (κ3) is 3.38. The quantitative estimate of drug-likeness (QED) is 0.774. The molecule has 25 heavy (non-hydrogen) atoms. The topological polar surface area (TPSA) is 80.2 Å². The Bertz CT molecular complexity index is 1050. The van der Waals surface area contributed by atoms with Gasteiger partial charge in [0, 0.05) is 30.4 Å². The highest BCUT2D eigenvalue weighted by atomic mass is 32.2. The van der Waals surface area contributed by atoms with Crippen molar-refractivity contribution in [2.75, 3.05) is 12.9 Å². The Morgan fingerprint density at radius 3 is 2.60 bits per heavy atom. The van der Waals surface area contributed by atoms with Crippen LogP contribution in [0.1, 0.15) is 18.4 Å². The number of aliphatic hydroxyl groups is 1. The zero-order chi connectivity index (χ0) is 18.2. The van der Waals surface area contributed by atoms with Crippen LogP contribution in [0.3, 0.4) is 0 Å². The molecule has 1 unspecified atom stereocenters. The largest absolute Gasteiger partial charge is 0.396 e. The molecular formula is C18H17FN2O3S. The van der Waals surface area contributed by atoms with Crippen LogP contribution in [0, 0.1) is 5.82 Å². The summed E-state index contributed by atoms with van der Waals surface area (Å²) in [5.74, 6) is -0.809. The summed E-state index contributed by atoms with van der Waals surface area (Å²) in [5.41, 5.74) is 2.30. The maximum absolute atomic E-state index is 13.5. The highest BCUT2D eigenvalue weighted by molar-refractivity contribution is 7.90. The zero-order valence-corrected chi connectivity index (χ0v) is 14.6. The van der Waals surface area contributed by atoms with Gasteiger partial charge in [-0.2, -0.15) is 0 Å². The molecule has 0 aliphatic heterocycles. The van der Waals surface area contributed by atoms with Gasteiger partial charge in [0.2, 0.25) is 0 Å². The number of aromatic nitrogens is 2. The first-order chi connectivity index (χ1) is 11.8. The summed E-state index contributed by atoms with van der Waals surface area (Å²) >= 11 is 0. The lowest BCUT2D eigenvalue weighted by atomic mass is 9.95. The SMILES string of the molecule is CC(CO)c1cc2ncc(F)cc2nc1-c1ccccc1S(C)(=O)=O. The highest BCUT2D eigenvalue weighted by Crippen LogP contribution is 2.34. The molecule has 2 heterocycles. The van der Waals surface area contributed by atoms with Crippen LogP contribution in [0.4, 0.5) is 4.39 Å². The number of fused-ring (bicyclic) bond motifs is 1. The molecule has 5 nitrogen and oxygen atoms in total. The summed E-state index contributed by atoms with van der Waals surface area (Å²) < 4.78 is 37.8. The standard InChI is InChI=1S/C18H17FN2O3S/c1-11(10-22)14-8-15-16(7-12(19)9-20-15)21-18(14)13-5-3-4-6-17(13)25(2,23)24/h3-9,11,22H,10H2,1-2H3. The predicted octanol–water partition coefficient (Wildman–Crippen LogP) is 2.94. The van der Waals surface area contributed by atoms with Crippen LogP contribution >= 0.6 is 0 Å². The second-order valence-electron chi connectivity index (χ2n) is 5.97. The molecule has 0 amide bonds. The van der Waals surface area contributed by atoms with Gasteiger partial charge in [-0.15, -0.1) is 0 Å². The number of benzene rings is 1. The lowest BCUT2D eigenvalue weighted by Gasteiger charge is -2.17. The van der Waals surface area contributed by atoms with Gasteiger partial charge in [0.25, 0.3) is 0 Å². The number of hydrogen-bond acceptors (Lipinski definition) is 5. The van der Waals surface area contributed by atoms with Gasteiger partial charge in [0.1, 0.15) is 5.82 Å². The molecule has 1 N–H and O–H groups in total. The summed E-state index contributed by atoms with van der Waals surface area (Å²) in [6.45, 7) is 1.67. The van der Waals surface area contributed by atoms with E-state index in [1.807, 2.05) is 0 Å². The molecule has 0 radical (unpaired) electrons. The van der Waals surface area contributed by atoms with E-state index in [2.05, 4.69) is 9.97 Å². The average Bonchev–Trinajstić information content (AvgIpc) is 2.59. The summed E-state index contributed by atoms with van der Waals surface area (Å²) in [6, 6.07) is 9.49. The van der Waals surface area contributed by atoms with Crippen molar-refractivity contribution in [1.29, 1.82) is 0 Å². The number of nitrogens with zero attached hydrogens (tertiary/aromatic N) is 2.